The van der Waals surface area contributed by atoms with Gasteiger partial charge >= 0.3 is 0 Å². The fourth-order valence-electron chi connectivity index (χ4n) is 0.543. The van der Waals surface area contributed by atoms with Gasteiger partial charge in [0.05, 0.1) is 0 Å². The number of hydrogen-bond acceptors (Lipinski definition) is 1. The SMILES string of the molecule is C#CCCC[C@H](F)CN. The minimum atomic E-state index is -0.863. The van der Waals surface area contributed by atoms with E-state index in [9.17, 15) is 4.39 Å². The van der Waals surface area contributed by atoms with Crippen LogP contribution < -0.4 is 5.73 Å². The Hall–Kier alpha value is -0.550. The maximum absolute atomic E-state index is 12.3. The van der Waals surface area contributed by atoms with Crippen LogP contribution in [0.25, 0.3) is 0 Å². The lowest BCUT2D eigenvalue weighted by molar-refractivity contribution is 0.317. The molecular formula is C7H12FN. The van der Waals surface area contributed by atoms with Crippen LogP contribution in [0.15, 0.2) is 0 Å². The Kier molecular flexibility index (Phi) is 5.24. The Bertz CT molecular complexity index is 95.6. The highest BCUT2D eigenvalue weighted by Crippen LogP contribution is 2.01. The molecule has 0 amide bonds. The van der Waals surface area contributed by atoms with Gasteiger partial charge in [-0.3, -0.25) is 0 Å². The Morgan fingerprint density at radius 3 is 2.78 bits per heavy atom. The van der Waals surface area contributed by atoms with Crippen molar-refractivity contribution in [1.29, 1.82) is 0 Å². The van der Waals surface area contributed by atoms with Crippen molar-refractivity contribution in [2.45, 2.75) is 25.4 Å². The maximum Gasteiger partial charge on any atom is 0.112 e. The summed E-state index contributed by atoms with van der Waals surface area (Å²) in [5.41, 5.74) is 5.03. The molecule has 0 aliphatic carbocycles. The molecule has 0 saturated carbocycles. The van der Waals surface area contributed by atoms with Crippen molar-refractivity contribution in [3.05, 3.63) is 0 Å². The maximum atomic E-state index is 12.3. The summed E-state index contributed by atoms with van der Waals surface area (Å²) in [4.78, 5) is 0. The number of rotatable bonds is 4. The van der Waals surface area contributed by atoms with Crippen LogP contribution >= 0.6 is 0 Å². The molecule has 0 radical (unpaired) electrons. The van der Waals surface area contributed by atoms with E-state index in [0.717, 1.165) is 6.42 Å². The summed E-state index contributed by atoms with van der Waals surface area (Å²) >= 11 is 0. The molecule has 1 atom stereocenters. The average Bonchev–Trinajstić information content (AvgIpc) is 1.89. The zero-order chi connectivity index (χ0) is 7.11. The highest BCUT2D eigenvalue weighted by atomic mass is 19.1. The van der Waals surface area contributed by atoms with Crippen LogP contribution in [0.3, 0.4) is 0 Å². The van der Waals surface area contributed by atoms with E-state index in [1.807, 2.05) is 0 Å². The summed E-state index contributed by atoms with van der Waals surface area (Å²) in [5.74, 6) is 2.44. The van der Waals surface area contributed by atoms with Crippen molar-refractivity contribution >= 4 is 0 Å². The van der Waals surface area contributed by atoms with Crippen LogP contribution in [0.5, 0.6) is 0 Å². The van der Waals surface area contributed by atoms with E-state index in [4.69, 9.17) is 12.2 Å². The second kappa shape index (κ2) is 5.58. The lowest BCUT2D eigenvalue weighted by Crippen LogP contribution is -2.14. The number of alkyl halides is 1. The average molecular weight is 129 g/mol. The van der Waals surface area contributed by atoms with Gasteiger partial charge in [0.15, 0.2) is 0 Å². The number of unbranched alkanes of at least 4 members (excludes halogenated alkanes) is 1. The number of halogens is 1. The predicted octanol–water partition coefficient (Wildman–Crippen LogP) is 1.09. The van der Waals surface area contributed by atoms with Crippen molar-refractivity contribution in [1.82, 2.24) is 0 Å². The molecule has 0 aromatic heterocycles. The van der Waals surface area contributed by atoms with Gasteiger partial charge in [-0.15, -0.1) is 12.3 Å². The lowest BCUT2D eigenvalue weighted by Gasteiger charge is -2.00. The monoisotopic (exact) mass is 129 g/mol. The van der Waals surface area contributed by atoms with E-state index in [0.29, 0.717) is 12.8 Å². The van der Waals surface area contributed by atoms with Crippen LogP contribution in [-0.4, -0.2) is 12.7 Å². The third-order valence-electron chi connectivity index (χ3n) is 1.09. The molecule has 0 saturated heterocycles. The molecule has 2 N–H and O–H groups in total. The van der Waals surface area contributed by atoms with Crippen LogP contribution in [0, 0.1) is 12.3 Å². The molecular weight excluding hydrogens is 117 g/mol. The van der Waals surface area contributed by atoms with Crippen molar-refractivity contribution in [2.75, 3.05) is 6.54 Å². The Labute approximate surface area is 55.4 Å². The third kappa shape index (κ3) is 5.32. The number of terminal acetylenes is 1. The molecule has 0 bridgehead atoms. The molecule has 0 unspecified atom stereocenters. The van der Waals surface area contributed by atoms with Gasteiger partial charge in [-0.1, -0.05) is 0 Å². The quantitative estimate of drug-likeness (QED) is 0.446. The summed E-state index contributed by atoms with van der Waals surface area (Å²) in [6.45, 7) is 0.116. The van der Waals surface area contributed by atoms with E-state index < -0.39 is 6.17 Å². The Morgan fingerprint density at radius 1 is 1.67 bits per heavy atom. The Morgan fingerprint density at radius 2 is 2.33 bits per heavy atom. The van der Waals surface area contributed by atoms with E-state index in [1.165, 1.54) is 0 Å². The molecule has 0 heterocycles. The summed E-state index contributed by atoms with van der Waals surface area (Å²) in [5, 5.41) is 0. The molecule has 0 aliphatic rings. The highest BCUT2D eigenvalue weighted by molar-refractivity contribution is 4.83. The van der Waals surface area contributed by atoms with Crippen molar-refractivity contribution < 1.29 is 4.39 Å². The minimum absolute atomic E-state index is 0.116. The van der Waals surface area contributed by atoms with Gasteiger partial charge in [0.2, 0.25) is 0 Å². The molecule has 0 aliphatic heterocycles. The molecule has 0 aromatic carbocycles. The molecule has 0 fully saturated rings. The van der Waals surface area contributed by atoms with Gasteiger partial charge in [0.25, 0.3) is 0 Å². The van der Waals surface area contributed by atoms with Gasteiger partial charge in [0, 0.05) is 13.0 Å². The largest absolute Gasteiger partial charge is 0.328 e. The van der Waals surface area contributed by atoms with Gasteiger partial charge in [-0.2, -0.15) is 0 Å². The van der Waals surface area contributed by atoms with E-state index >= 15 is 0 Å². The molecule has 0 spiro atoms. The zero-order valence-corrected chi connectivity index (χ0v) is 5.44. The topological polar surface area (TPSA) is 26.0 Å². The minimum Gasteiger partial charge on any atom is -0.328 e. The van der Waals surface area contributed by atoms with Crippen LogP contribution in [0.1, 0.15) is 19.3 Å². The number of nitrogens with two attached hydrogens (primary N) is 1. The molecule has 9 heavy (non-hydrogen) atoms. The molecule has 2 heteroatoms. The van der Waals surface area contributed by atoms with Crippen LogP contribution in [0.2, 0.25) is 0 Å². The van der Waals surface area contributed by atoms with E-state index in [2.05, 4.69) is 5.92 Å². The van der Waals surface area contributed by atoms with Crippen LogP contribution in [-0.2, 0) is 0 Å². The molecule has 1 nitrogen and oxygen atoms in total. The highest BCUT2D eigenvalue weighted by Gasteiger charge is 2.00. The van der Waals surface area contributed by atoms with Crippen LogP contribution in [0.4, 0.5) is 4.39 Å². The van der Waals surface area contributed by atoms with Crippen molar-refractivity contribution in [3.8, 4) is 12.3 Å². The fraction of sp³-hybridized carbons (Fsp3) is 0.714. The summed E-state index contributed by atoms with van der Waals surface area (Å²) < 4.78 is 12.3. The summed E-state index contributed by atoms with van der Waals surface area (Å²) in [6.07, 6.45) is 5.99. The first-order valence-electron chi connectivity index (χ1n) is 3.09. The first kappa shape index (κ1) is 8.45. The second-order valence-corrected chi connectivity index (χ2v) is 1.93. The van der Waals surface area contributed by atoms with Gasteiger partial charge < -0.3 is 5.73 Å². The van der Waals surface area contributed by atoms with Gasteiger partial charge in [0.1, 0.15) is 6.17 Å². The first-order chi connectivity index (χ1) is 4.31. The van der Waals surface area contributed by atoms with Crippen molar-refractivity contribution in [2.24, 2.45) is 5.73 Å². The standard InChI is InChI=1S/C7H12FN/c1-2-3-4-5-7(8)6-9/h1,7H,3-6,9H2/t7-/m0/s1. The van der Waals surface area contributed by atoms with Gasteiger partial charge in [-0.05, 0) is 12.8 Å². The van der Waals surface area contributed by atoms with E-state index in [1.54, 1.807) is 0 Å². The summed E-state index contributed by atoms with van der Waals surface area (Å²) in [6, 6.07) is 0. The zero-order valence-electron chi connectivity index (χ0n) is 5.44. The summed E-state index contributed by atoms with van der Waals surface area (Å²) in [7, 11) is 0. The number of hydrogen-bond donors (Lipinski definition) is 1. The first-order valence-corrected chi connectivity index (χ1v) is 3.09. The molecule has 0 rings (SSSR count). The molecule has 52 valence electrons. The lowest BCUT2D eigenvalue weighted by atomic mass is 10.2. The third-order valence-corrected chi connectivity index (χ3v) is 1.09. The fourth-order valence-corrected chi connectivity index (χ4v) is 0.543. The smallest absolute Gasteiger partial charge is 0.112 e. The second-order valence-electron chi connectivity index (χ2n) is 1.93. The predicted molar refractivity (Wildman–Crippen MR) is 36.6 cm³/mol. The van der Waals surface area contributed by atoms with Crippen molar-refractivity contribution in [3.63, 3.8) is 0 Å². The van der Waals surface area contributed by atoms with E-state index in [-0.39, 0.29) is 6.54 Å². The Balaban J connectivity index is 2.99. The normalized spacial score (nSPS) is 12.6. The molecule has 0 aromatic rings. The van der Waals surface area contributed by atoms with Gasteiger partial charge in [-0.25, -0.2) is 4.39 Å².